The number of ether oxygens (including phenoxy) is 2. The highest BCUT2D eigenvalue weighted by Crippen LogP contribution is 2.46. The quantitative estimate of drug-likeness (QED) is 0.293. The second-order valence-electron chi connectivity index (χ2n) is 13.4. The van der Waals surface area contributed by atoms with Gasteiger partial charge in [0, 0.05) is 24.1 Å². The van der Waals surface area contributed by atoms with Crippen LogP contribution in [0.3, 0.4) is 0 Å². The van der Waals surface area contributed by atoms with Gasteiger partial charge in [0.2, 0.25) is 21.8 Å². The zero-order valence-electron chi connectivity index (χ0n) is 27.3. The summed E-state index contributed by atoms with van der Waals surface area (Å²) < 4.78 is 40.5. The first-order valence-electron chi connectivity index (χ1n) is 16.9. The molecule has 2 aliphatic carbocycles. The van der Waals surface area contributed by atoms with Crippen LogP contribution in [0.5, 0.6) is 10.9 Å². The van der Waals surface area contributed by atoms with Crippen molar-refractivity contribution >= 4 is 55.0 Å². The average Bonchev–Trinajstić information content (AvgIpc) is 3.98. The maximum atomic E-state index is 14.5. The number of sulfonamides is 1. The second-order valence-corrected chi connectivity index (χ2v) is 16.3. The van der Waals surface area contributed by atoms with Gasteiger partial charge in [-0.2, -0.15) is 0 Å². The van der Waals surface area contributed by atoms with E-state index < -0.39 is 50.8 Å². The number of amides is 3. The van der Waals surface area contributed by atoms with E-state index in [9.17, 15) is 22.8 Å². The zero-order chi connectivity index (χ0) is 34.2. The van der Waals surface area contributed by atoms with Gasteiger partial charge in [0.05, 0.1) is 29.1 Å². The van der Waals surface area contributed by atoms with Crippen molar-refractivity contribution in [3.8, 4) is 10.9 Å². The molecule has 3 aromatic rings. The first-order chi connectivity index (χ1) is 23.6. The van der Waals surface area contributed by atoms with E-state index in [1.54, 1.807) is 12.0 Å². The number of aromatic nitrogens is 1. The van der Waals surface area contributed by atoms with Crippen molar-refractivity contribution in [1.29, 1.82) is 0 Å². The lowest BCUT2D eigenvalue weighted by Gasteiger charge is -2.30. The van der Waals surface area contributed by atoms with Gasteiger partial charge in [-0.05, 0) is 62.8 Å². The molecule has 1 aromatic heterocycles. The molecule has 0 spiro atoms. The number of hydrogen-bond donors (Lipinski definition) is 3. The topological polar surface area (TPSA) is 156 Å². The SMILES string of the molecule is COc1cccc(N[C@H]2CCCCC/C=C\[C@@H]3C[C@@]3(C(=O)NS(=O)(=O)C3CC3)NC(=O)[C@@H]3C[C@@H](Oc4nc5ccccc5s4)CN3C2=O)c1. The number of carbonyl (C=O) groups is 3. The highest BCUT2D eigenvalue weighted by atomic mass is 32.2. The first kappa shape index (κ1) is 33.3. The summed E-state index contributed by atoms with van der Waals surface area (Å²) in [6.45, 7) is 0.141. The maximum Gasteiger partial charge on any atom is 0.274 e. The number of nitrogens with zero attached hydrogens (tertiary/aromatic N) is 2. The zero-order valence-corrected chi connectivity index (χ0v) is 28.9. The van der Waals surface area contributed by atoms with Crippen LogP contribution >= 0.6 is 11.3 Å². The number of methoxy groups -OCH3 is 1. The van der Waals surface area contributed by atoms with Crippen molar-refractivity contribution in [1.82, 2.24) is 19.9 Å². The second kappa shape index (κ2) is 13.6. The number of allylic oxidation sites excluding steroid dienone is 1. The van der Waals surface area contributed by atoms with Gasteiger partial charge in [-0.25, -0.2) is 13.4 Å². The van der Waals surface area contributed by atoms with Crippen LogP contribution in [-0.2, 0) is 24.4 Å². The third-order valence-corrected chi connectivity index (χ3v) is 12.5. The Balaban J connectivity index is 1.18. The van der Waals surface area contributed by atoms with Gasteiger partial charge in [0.1, 0.15) is 29.5 Å². The van der Waals surface area contributed by atoms with E-state index in [1.165, 1.54) is 11.3 Å². The van der Waals surface area contributed by atoms with E-state index in [4.69, 9.17) is 9.47 Å². The molecular weight excluding hydrogens is 667 g/mol. The molecule has 12 nitrogen and oxygen atoms in total. The summed E-state index contributed by atoms with van der Waals surface area (Å²) in [4.78, 5) is 48.5. The van der Waals surface area contributed by atoms with Crippen molar-refractivity contribution in [3.63, 3.8) is 0 Å². The monoisotopic (exact) mass is 707 g/mol. The third-order valence-electron chi connectivity index (χ3n) is 9.80. The molecule has 14 heteroatoms. The molecule has 0 radical (unpaired) electrons. The van der Waals surface area contributed by atoms with E-state index in [2.05, 4.69) is 20.3 Å². The van der Waals surface area contributed by atoms with Crippen LogP contribution in [0.4, 0.5) is 5.69 Å². The summed E-state index contributed by atoms with van der Waals surface area (Å²) in [7, 11) is -2.25. The number of fused-ring (bicyclic) bond motifs is 3. The molecule has 3 N–H and O–H groups in total. The number of thiazole rings is 1. The fraction of sp³-hybridized carbons (Fsp3) is 0.486. The molecule has 0 bridgehead atoms. The maximum absolute atomic E-state index is 14.5. The van der Waals surface area contributed by atoms with E-state index in [-0.39, 0.29) is 31.2 Å². The summed E-state index contributed by atoms with van der Waals surface area (Å²) in [6.07, 6.45) is 8.70. The molecule has 2 aliphatic heterocycles. The molecule has 49 heavy (non-hydrogen) atoms. The molecule has 3 fully saturated rings. The molecule has 2 saturated carbocycles. The minimum absolute atomic E-state index is 0.141. The van der Waals surface area contributed by atoms with Crippen LogP contribution in [0.25, 0.3) is 10.2 Å². The van der Waals surface area contributed by atoms with Crippen LogP contribution in [0.2, 0.25) is 0 Å². The Morgan fingerprint density at radius 2 is 1.92 bits per heavy atom. The van der Waals surface area contributed by atoms with Crippen molar-refractivity contribution in [3.05, 3.63) is 60.7 Å². The Labute approximate surface area is 289 Å². The lowest BCUT2D eigenvalue weighted by molar-refractivity contribution is -0.140. The number of para-hydroxylation sites is 1. The number of hydrogen-bond acceptors (Lipinski definition) is 10. The van der Waals surface area contributed by atoms with E-state index >= 15 is 0 Å². The molecule has 0 unspecified atom stereocenters. The van der Waals surface area contributed by atoms with Crippen molar-refractivity contribution in [2.75, 3.05) is 19.0 Å². The van der Waals surface area contributed by atoms with E-state index in [0.717, 1.165) is 35.9 Å². The standard InChI is InChI=1S/C35H41N5O7S2/c1-46-24-12-9-11-23(18-24)36-28-14-6-4-2-3-5-10-22-20-35(22,33(43)39-49(44,45)26-16-17-26)38-31(41)29-19-25(21-40(29)32(28)42)47-34-37-27-13-7-8-15-30(27)48-34/h5,7-13,15,18,22,25-26,28-29,36H,2-4,6,14,16-17,19-21H2,1H3,(H,38,41)(H,39,43)/b10-5-/t22-,25-,28+,29+,35-/m1/s1. The predicted octanol–water partition coefficient (Wildman–Crippen LogP) is 4.14. The molecule has 5 atom stereocenters. The Kier molecular flexibility index (Phi) is 9.27. The van der Waals surface area contributed by atoms with Crippen molar-refractivity contribution in [2.45, 2.75) is 86.8 Å². The highest BCUT2D eigenvalue weighted by Gasteiger charge is 2.62. The van der Waals surface area contributed by atoms with Gasteiger partial charge in [-0.3, -0.25) is 19.1 Å². The minimum Gasteiger partial charge on any atom is -0.497 e. The van der Waals surface area contributed by atoms with Gasteiger partial charge >= 0.3 is 0 Å². The van der Waals surface area contributed by atoms with E-state index in [0.29, 0.717) is 35.9 Å². The normalized spacial score (nSPS) is 28.3. The van der Waals surface area contributed by atoms with Gasteiger partial charge < -0.3 is 25.0 Å². The van der Waals surface area contributed by atoms with Crippen LogP contribution in [0, 0.1) is 5.92 Å². The number of rotatable bonds is 8. The smallest absolute Gasteiger partial charge is 0.274 e. The molecule has 2 aromatic carbocycles. The molecule has 7 rings (SSSR count). The summed E-state index contributed by atoms with van der Waals surface area (Å²) >= 11 is 1.40. The summed E-state index contributed by atoms with van der Waals surface area (Å²) in [5.41, 5.74) is 0.0947. The van der Waals surface area contributed by atoms with Crippen molar-refractivity contribution < 1.29 is 32.3 Å². The molecule has 3 heterocycles. The lowest BCUT2D eigenvalue weighted by atomic mass is 10.0. The molecule has 260 valence electrons. The Morgan fingerprint density at radius 1 is 1.08 bits per heavy atom. The summed E-state index contributed by atoms with van der Waals surface area (Å²) in [6, 6.07) is 13.5. The van der Waals surface area contributed by atoms with Crippen molar-refractivity contribution in [2.24, 2.45) is 5.92 Å². The average molecular weight is 708 g/mol. The largest absolute Gasteiger partial charge is 0.497 e. The highest BCUT2D eigenvalue weighted by molar-refractivity contribution is 7.91. The number of nitrogens with one attached hydrogen (secondary N) is 3. The molecule has 3 amide bonds. The number of carbonyl (C=O) groups excluding carboxylic acids is 3. The van der Waals surface area contributed by atoms with Gasteiger partial charge in [0.15, 0.2) is 0 Å². The van der Waals surface area contributed by atoms with Gasteiger partial charge in [-0.1, -0.05) is 54.5 Å². The Bertz CT molecular complexity index is 1840. The van der Waals surface area contributed by atoms with Crippen LogP contribution in [-0.4, -0.2) is 78.7 Å². The van der Waals surface area contributed by atoms with Crippen LogP contribution in [0.15, 0.2) is 60.7 Å². The van der Waals surface area contributed by atoms with Crippen LogP contribution < -0.4 is 24.8 Å². The summed E-state index contributed by atoms with van der Waals surface area (Å²) in [5, 5.41) is 6.18. The molecular formula is C35H41N5O7S2. The first-order valence-corrected chi connectivity index (χ1v) is 19.3. The third kappa shape index (κ3) is 7.25. The lowest BCUT2D eigenvalue weighted by Crippen LogP contribution is -2.57. The Morgan fingerprint density at radius 3 is 2.71 bits per heavy atom. The fourth-order valence-electron chi connectivity index (χ4n) is 6.81. The molecule has 1 saturated heterocycles. The van der Waals surface area contributed by atoms with Gasteiger partial charge in [0.25, 0.3) is 11.1 Å². The van der Waals surface area contributed by atoms with E-state index in [1.807, 2.05) is 60.7 Å². The minimum atomic E-state index is -3.84. The fourth-order valence-corrected chi connectivity index (χ4v) is 9.05. The molecule has 4 aliphatic rings. The predicted molar refractivity (Wildman–Crippen MR) is 186 cm³/mol. The Hall–Kier alpha value is -4.17. The summed E-state index contributed by atoms with van der Waals surface area (Å²) in [5.74, 6) is -1.22. The van der Waals surface area contributed by atoms with Crippen LogP contribution in [0.1, 0.15) is 57.8 Å². The van der Waals surface area contributed by atoms with Gasteiger partial charge in [-0.15, -0.1) is 0 Å². The number of anilines is 1. The number of benzene rings is 2.